The van der Waals surface area contributed by atoms with E-state index in [0.29, 0.717) is 12.3 Å². The summed E-state index contributed by atoms with van der Waals surface area (Å²) in [4.78, 5) is 13.6. The van der Waals surface area contributed by atoms with Gasteiger partial charge in [0.05, 0.1) is 25.0 Å². The van der Waals surface area contributed by atoms with Crippen molar-refractivity contribution in [2.24, 2.45) is 0 Å². The first-order chi connectivity index (χ1) is 10.6. The summed E-state index contributed by atoms with van der Waals surface area (Å²) in [6.07, 6.45) is 0.675. The van der Waals surface area contributed by atoms with Crippen molar-refractivity contribution in [3.8, 4) is 0 Å². The topological polar surface area (TPSA) is 97.5 Å². The predicted octanol–water partition coefficient (Wildman–Crippen LogP) is 1.98. The number of ether oxygens (including phenoxy) is 1. The molecule has 1 heterocycles. The Kier molecular flexibility index (Phi) is 5.81. The highest BCUT2D eigenvalue weighted by molar-refractivity contribution is 5.43. The number of anilines is 1. The van der Waals surface area contributed by atoms with Crippen molar-refractivity contribution in [2.75, 3.05) is 18.5 Å². The van der Waals surface area contributed by atoms with E-state index in [1.807, 2.05) is 30.3 Å². The van der Waals surface area contributed by atoms with Crippen LogP contribution in [-0.2, 0) is 11.3 Å². The Morgan fingerprint density at radius 1 is 1.27 bits per heavy atom. The maximum absolute atomic E-state index is 10.5. The molecule has 2 rings (SSSR count). The van der Waals surface area contributed by atoms with Crippen LogP contribution in [0.5, 0.6) is 0 Å². The van der Waals surface area contributed by atoms with Gasteiger partial charge in [0.15, 0.2) is 6.20 Å². The normalized spacial score (nSPS) is 11.9. The number of benzene rings is 1. The highest BCUT2D eigenvalue weighted by atomic mass is 16.6. The molecule has 0 aliphatic rings. The lowest BCUT2D eigenvalue weighted by Gasteiger charge is -2.12. The molecule has 1 aromatic heterocycles. The Hall–Kier alpha value is -2.51. The van der Waals surface area contributed by atoms with E-state index >= 15 is 0 Å². The molecule has 22 heavy (non-hydrogen) atoms. The van der Waals surface area contributed by atoms with Crippen molar-refractivity contribution in [1.82, 2.24) is 4.98 Å². The Balaban J connectivity index is 1.69. The van der Waals surface area contributed by atoms with Crippen LogP contribution in [0.15, 0.2) is 48.7 Å². The number of aromatic nitrogens is 1. The minimum absolute atomic E-state index is 0.197. The van der Waals surface area contributed by atoms with Crippen LogP contribution in [-0.4, -0.2) is 34.3 Å². The molecule has 2 N–H and O–H groups in total. The Morgan fingerprint density at radius 2 is 2.05 bits per heavy atom. The Morgan fingerprint density at radius 3 is 2.68 bits per heavy atom. The van der Waals surface area contributed by atoms with E-state index in [1.54, 1.807) is 6.07 Å². The number of aliphatic hydroxyl groups excluding tert-OH is 1. The number of hydrogen-bond donors (Lipinski definition) is 2. The second-order valence-corrected chi connectivity index (χ2v) is 4.70. The molecule has 0 bridgehead atoms. The molecule has 0 aliphatic carbocycles. The molecular weight excluding hydrogens is 286 g/mol. The molecule has 116 valence electrons. The molecule has 0 fully saturated rings. The van der Waals surface area contributed by atoms with Crippen LogP contribution in [0.4, 0.5) is 11.5 Å². The van der Waals surface area contributed by atoms with Gasteiger partial charge in [0, 0.05) is 12.6 Å². The third-order valence-electron chi connectivity index (χ3n) is 2.90. The van der Waals surface area contributed by atoms with Gasteiger partial charge in [-0.1, -0.05) is 30.3 Å². The standard InChI is InChI=1S/C15H17N3O4/c19-14(11-22-10-12-4-2-1-3-5-12)9-16-13-6-7-15(17-8-13)18(20)21/h1-8,14,16,19H,9-11H2/t14-/m1/s1. The van der Waals surface area contributed by atoms with Crippen molar-refractivity contribution in [3.63, 3.8) is 0 Å². The molecule has 0 spiro atoms. The summed E-state index contributed by atoms with van der Waals surface area (Å²) >= 11 is 0. The van der Waals surface area contributed by atoms with Crippen LogP contribution in [0.25, 0.3) is 0 Å². The summed E-state index contributed by atoms with van der Waals surface area (Å²) in [6.45, 7) is 0.910. The first kappa shape index (κ1) is 15.9. The number of nitro groups is 1. The zero-order valence-electron chi connectivity index (χ0n) is 11.9. The van der Waals surface area contributed by atoms with E-state index in [9.17, 15) is 15.2 Å². The maximum Gasteiger partial charge on any atom is 0.363 e. The van der Waals surface area contributed by atoms with Gasteiger partial charge >= 0.3 is 5.82 Å². The van der Waals surface area contributed by atoms with E-state index < -0.39 is 11.0 Å². The van der Waals surface area contributed by atoms with Crippen molar-refractivity contribution in [3.05, 3.63) is 64.3 Å². The molecule has 0 radical (unpaired) electrons. The number of hydrogen-bond acceptors (Lipinski definition) is 6. The smallest absolute Gasteiger partial charge is 0.363 e. The van der Waals surface area contributed by atoms with E-state index in [-0.39, 0.29) is 19.0 Å². The largest absolute Gasteiger partial charge is 0.389 e. The number of aliphatic hydroxyl groups is 1. The van der Waals surface area contributed by atoms with Gasteiger partial charge in [-0.2, -0.15) is 0 Å². The number of rotatable bonds is 8. The van der Waals surface area contributed by atoms with Crippen molar-refractivity contribution in [2.45, 2.75) is 12.7 Å². The molecule has 0 saturated heterocycles. The predicted molar refractivity (Wildman–Crippen MR) is 81.5 cm³/mol. The molecule has 7 heteroatoms. The second-order valence-electron chi connectivity index (χ2n) is 4.70. The molecule has 2 aromatic rings. The monoisotopic (exact) mass is 303 g/mol. The molecule has 0 unspecified atom stereocenters. The Labute approximate surface area is 127 Å². The van der Waals surface area contributed by atoms with Gasteiger partial charge in [0.2, 0.25) is 0 Å². The number of pyridine rings is 1. The van der Waals surface area contributed by atoms with E-state index in [0.717, 1.165) is 5.56 Å². The molecule has 0 amide bonds. The summed E-state index contributed by atoms with van der Waals surface area (Å²) < 4.78 is 5.43. The van der Waals surface area contributed by atoms with Crippen molar-refractivity contribution < 1.29 is 14.8 Å². The van der Waals surface area contributed by atoms with Gasteiger partial charge in [-0.3, -0.25) is 0 Å². The molecular formula is C15H17N3O4. The SMILES string of the molecule is O=[N+]([O-])c1ccc(NC[C@@H](O)COCc2ccccc2)cn1. The lowest BCUT2D eigenvalue weighted by atomic mass is 10.2. The van der Waals surface area contributed by atoms with Gasteiger partial charge in [-0.15, -0.1) is 0 Å². The van der Waals surface area contributed by atoms with Crippen LogP contribution in [0.2, 0.25) is 0 Å². The molecule has 1 atom stereocenters. The van der Waals surface area contributed by atoms with E-state index in [4.69, 9.17) is 4.74 Å². The first-order valence-electron chi connectivity index (χ1n) is 6.79. The minimum atomic E-state index is -0.682. The van der Waals surface area contributed by atoms with E-state index in [2.05, 4.69) is 10.3 Å². The van der Waals surface area contributed by atoms with Gasteiger partial charge in [0.25, 0.3) is 0 Å². The number of nitrogens with one attached hydrogen (secondary N) is 1. The lowest BCUT2D eigenvalue weighted by molar-refractivity contribution is -0.389. The fraction of sp³-hybridized carbons (Fsp3) is 0.267. The third-order valence-corrected chi connectivity index (χ3v) is 2.90. The number of nitrogens with zero attached hydrogens (tertiary/aromatic N) is 2. The summed E-state index contributed by atoms with van der Waals surface area (Å²) in [5.41, 5.74) is 1.65. The molecule has 1 aromatic carbocycles. The fourth-order valence-corrected chi connectivity index (χ4v) is 1.78. The second kappa shape index (κ2) is 8.06. The van der Waals surface area contributed by atoms with Crippen LogP contribution in [0.3, 0.4) is 0 Å². The fourth-order valence-electron chi connectivity index (χ4n) is 1.78. The Bertz CT molecular complexity index is 589. The van der Waals surface area contributed by atoms with Crippen LogP contribution in [0, 0.1) is 10.1 Å². The zero-order chi connectivity index (χ0) is 15.8. The summed E-state index contributed by atoms with van der Waals surface area (Å²) in [7, 11) is 0. The zero-order valence-corrected chi connectivity index (χ0v) is 11.9. The van der Waals surface area contributed by atoms with Gasteiger partial charge in [-0.05, 0) is 21.5 Å². The van der Waals surface area contributed by atoms with Gasteiger partial charge < -0.3 is 25.3 Å². The lowest BCUT2D eigenvalue weighted by Crippen LogP contribution is -2.24. The molecule has 0 aliphatic heterocycles. The average molecular weight is 303 g/mol. The summed E-state index contributed by atoms with van der Waals surface area (Å²) in [5.74, 6) is -0.211. The quantitative estimate of drug-likeness (QED) is 0.571. The van der Waals surface area contributed by atoms with Crippen LogP contribution in [0.1, 0.15) is 5.56 Å². The van der Waals surface area contributed by atoms with Crippen molar-refractivity contribution in [1.29, 1.82) is 0 Å². The summed E-state index contributed by atoms with van der Waals surface area (Å²) in [5, 5.41) is 23.2. The molecule has 7 nitrogen and oxygen atoms in total. The minimum Gasteiger partial charge on any atom is -0.389 e. The summed E-state index contributed by atoms with van der Waals surface area (Å²) in [6, 6.07) is 12.5. The first-order valence-corrected chi connectivity index (χ1v) is 6.79. The van der Waals surface area contributed by atoms with E-state index in [1.165, 1.54) is 12.3 Å². The maximum atomic E-state index is 10.5. The average Bonchev–Trinajstić information content (AvgIpc) is 2.54. The van der Waals surface area contributed by atoms with Crippen LogP contribution < -0.4 is 5.32 Å². The highest BCUT2D eigenvalue weighted by Crippen LogP contribution is 2.11. The van der Waals surface area contributed by atoms with Gasteiger partial charge in [-0.25, -0.2) is 0 Å². The third kappa shape index (κ3) is 5.12. The van der Waals surface area contributed by atoms with Crippen LogP contribution >= 0.6 is 0 Å². The molecule has 0 saturated carbocycles. The van der Waals surface area contributed by atoms with Crippen molar-refractivity contribution >= 4 is 11.5 Å². The van der Waals surface area contributed by atoms with Gasteiger partial charge in [0.1, 0.15) is 0 Å². The highest BCUT2D eigenvalue weighted by Gasteiger charge is 2.08.